The fourth-order valence-electron chi connectivity index (χ4n) is 1.78. The predicted octanol–water partition coefficient (Wildman–Crippen LogP) is 4.15. The minimum Gasteiger partial charge on any atom is -0.491 e. The Hall–Kier alpha value is -1.42. The Balaban J connectivity index is 1.84. The first kappa shape index (κ1) is 16.0. The molecule has 0 heterocycles. The lowest BCUT2D eigenvalue weighted by atomic mass is 10.2. The van der Waals surface area contributed by atoms with Crippen LogP contribution in [0.3, 0.4) is 0 Å². The van der Waals surface area contributed by atoms with Crippen LogP contribution in [0, 0.1) is 6.92 Å². The van der Waals surface area contributed by atoms with E-state index in [1.165, 1.54) is 0 Å². The molecular formula is C16H17Cl2NO2. The van der Waals surface area contributed by atoms with Gasteiger partial charge in [0.05, 0.1) is 10.7 Å². The number of hydrogen-bond donors (Lipinski definition) is 2. The summed E-state index contributed by atoms with van der Waals surface area (Å²) in [5, 5.41) is 14.2. The highest BCUT2D eigenvalue weighted by atomic mass is 35.5. The van der Waals surface area contributed by atoms with Crippen molar-refractivity contribution >= 4 is 28.9 Å². The fraction of sp³-hybridized carbons (Fsp3) is 0.250. The number of benzene rings is 2. The largest absolute Gasteiger partial charge is 0.491 e. The van der Waals surface area contributed by atoms with E-state index in [1.54, 1.807) is 12.1 Å². The van der Waals surface area contributed by atoms with Crippen molar-refractivity contribution in [3.05, 3.63) is 58.1 Å². The average Bonchev–Trinajstić information content (AvgIpc) is 2.48. The maximum atomic E-state index is 9.92. The Morgan fingerprint density at radius 3 is 2.57 bits per heavy atom. The summed E-state index contributed by atoms with van der Waals surface area (Å²) < 4.78 is 5.48. The highest BCUT2D eigenvalue weighted by Crippen LogP contribution is 2.28. The average molecular weight is 326 g/mol. The molecule has 112 valence electrons. The van der Waals surface area contributed by atoms with Crippen molar-refractivity contribution in [2.45, 2.75) is 13.0 Å². The summed E-state index contributed by atoms with van der Waals surface area (Å²) in [6.07, 6.45) is -0.652. The summed E-state index contributed by atoms with van der Waals surface area (Å²) in [6.45, 7) is 2.42. The Morgan fingerprint density at radius 2 is 1.86 bits per heavy atom. The van der Waals surface area contributed by atoms with Crippen molar-refractivity contribution in [3.8, 4) is 5.75 Å². The molecule has 1 unspecified atom stereocenters. The van der Waals surface area contributed by atoms with Crippen molar-refractivity contribution < 1.29 is 9.84 Å². The van der Waals surface area contributed by atoms with Gasteiger partial charge in [0.25, 0.3) is 0 Å². The fourth-order valence-corrected chi connectivity index (χ4v) is 2.23. The molecule has 2 rings (SSSR count). The van der Waals surface area contributed by atoms with E-state index in [2.05, 4.69) is 5.32 Å². The van der Waals surface area contributed by atoms with E-state index in [0.29, 0.717) is 22.3 Å². The lowest BCUT2D eigenvalue weighted by Gasteiger charge is -2.15. The van der Waals surface area contributed by atoms with Crippen LogP contribution in [0.5, 0.6) is 5.75 Å². The lowest BCUT2D eigenvalue weighted by Crippen LogP contribution is -2.26. The number of aliphatic hydroxyl groups is 1. The molecule has 1 atom stereocenters. The molecule has 0 bridgehead atoms. The van der Waals surface area contributed by atoms with Gasteiger partial charge in [-0.3, -0.25) is 0 Å². The zero-order chi connectivity index (χ0) is 15.2. The van der Waals surface area contributed by atoms with Gasteiger partial charge >= 0.3 is 0 Å². The molecule has 0 radical (unpaired) electrons. The van der Waals surface area contributed by atoms with Gasteiger partial charge in [-0.05, 0) is 36.8 Å². The van der Waals surface area contributed by atoms with Gasteiger partial charge in [0.2, 0.25) is 0 Å². The molecule has 0 aliphatic rings. The summed E-state index contributed by atoms with van der Waals surface area (Å²) in [7, 11) is 0. The Labute approximate surface area is 134 Å². The van der Waals surface area contributed by atoms with Crippen molar-refractivity contribution in [2.75, 3.05) is 18.5 Å². The molecule has 5 heteroatoms. The number of para-hydroxylation sites is 1. The van der Waals surface area contributed by atoms with Crippen LogP contribution in [-0.2, 0) is 0 Å². The predicted molar refractivity (Wildman–Crippen MR) is 87.6 cm³/mol. The van der Waals surface area contributed by atoms with Gasteiger partial charge in [-0.15, -0.1) is 0 Å². The van der Waals surface area contributed by atoms with Gasteiger partial charge < -0.3 is 15.2 Å². The Morgan fingerprint density at radius 1 is 1.14 bits per heavy atom. The zero-order valence-corrected chi connectivity index (χ0v) is 13.2. The molecule has 2 aromatic rings. The summed E-state index contributed by atoms with van der Waals surface area (Å²) in [5.74, 6) is 0.730. The molecule has 0 amide bonds. The molecule has 0 aliphatic heterocycles. The maximum Gasteiger partial charge on any atom is 0.119 e. The van der Waals surface area contributed by atoms with Gasteiger partial charge in [0.15, 0.2) is 0 Å². The second kappa shape index (κ2) is 7.55. The summed E-state index contributed by atoms with van der Waals surface area (Å²) in [4.78, 5) is 0. The van der Waals surface area contributed by atoms with E-state index in [0.717, 1.165) is 11.3 Å². The first-order valence-corrected chi connectivity index (χ1v) is 7.37. The van der Waals surface area contributed by atoms with Crippen molar-refractivity contribution in [2.24, 2.45) is 0 Å². The van der Waals surface area contributed by atoms with Crippen LogP contribution in [0.2, 0.25) is 10.0 Å². The van der Waals surface area contributed by atoms with E-state index in [9.17, 15) is 5.11 Å². The third kappa shape index (κ3) is 4.81. The number of nitrogens with one attached hydrogen (secondary N) is 1. The Bertz CT molecular complexity index is 590. The molecule has 0 fully saturated rings. The van der Waals surface area contributed by atoms with Gasteiger partial charge in [-0.2, -0.15) is 0 Å². The molecular weight excluding hydrogens is 309 g/mol. The summed E-state index contributed by atoms with van der Waals surface area (Å²) in [5.41, 5.74) is 1.62. The number of anilines is 1. The normalized spacial score (nSPS) is 12.0. The number of ether oxygens (including phenoxy) is 1. The van der Waals surface area contributed by atoms with Gasteiger partial charge in [0, 0.05) is 11.6 Å². The Kier molecular flexibility index (Phi) is 5.74. The van der Waals surface area contributed by atoms with Crippen LogP contribution >= 0.6 is 23.2 Å². The highest BCUT2D eigenvalue weighted by molar-refractivity contribution is 6.35. The van der Waals surface area contributed by atoms with Crippen LogP contribution in [-0.4, -0.2) is 24.4 Å². The van der Waals surface area contributed by atoms with E-state index in [-0.39, 0.29) is 6.61 Å². The quantitative estimate of drug-likeness (QED) is 0.838. The monoisotopic (exact) mass is 325 g/mol. The van der Waals surface area contributed by atoms with Crippen LogP contribution in [0.4, 0.5) is 5.69 Å². The number of halogens is 2. The molecule has 0 aromatic heterocycles. The standard InChI is InChI=1S/C16H17Cl2NO2/c1-11-7-15(18)16(8-14(11)17)19-9-12(20)10-21-13-5-3-2-4-6-13/h2-8,12,19-20H,9-10H2,1H3. The van der Waals surface area contributed by atoms with Gasteiger partial charge in [-0.25, -0.2) is 0 Å². The summed E-state index contributed by atoms with van der Waals surface area (Å²) in [6, 6.07) is 12.9. The van der Waals surface area contributed by atoms with Crippen molar-refractivity contribution in [1.82, 2.24) is 0 Å². The van der Waals surface area contributed by atoms with Crippen LogP contribution < -0.4 is 10.1 Å². The van der Waals surface area contributed by atoms with E-state index in [1.807, 2.05) is 37.3 Å². The molecule has 21 heavy (non-hydrogen) atoms. The molecule has 2 aromatic carbocycles. The van der Waals surface area contributed by atoms with Gasteiger partial charge in [-0.1, -0.05) is 41.4 Å². The number of aliphatic hydroxyl groups excluding tert-OH is 1. The lowest BCUT2D eigenvalue weighted by molar-refractivity contribution is 0.117. The molecule has 2 N–H and O–H groups in total. The third-order valence-electron chi connectivity index (χ3n) is 2.96. The van der Waals surface area contributed by atoms with Crippen molar-refractivity contribution in [3.63, 3.8) is 0 Å². The minimum atomic E-state index is -0.652. The zero-order valence-electron chi connectivity index (χ0n) is 11.6. The molecule has 3 nitrogen and oxygen atoms in total. The highest BCUT2D eigenvalue weighted by Gasteiger charge is 2.08. The van der Waals surface area contributed by atoms with E-state index in [4.69, 9.17) is 27.9 Å². The van der Waals surface area contributed by atoms with Crippen LogP contribution in [0.15, 0.2) is 42.5 Å². The second-order valence-electron chi connectivity index (χ2n) is 4.74. The number of aryl methyl sites for hydroxylation is 1. The van der Waals surface area contributed by atoms with Crippen LogP contribution in [0.1, 0.15) is 5.56 Å². The minimum absolute atomic E-state index is 0.203. The summed E-state index contributed by atoms with van der Waals surface area (Å²) >= 11 is 12.2. The smallest absolute Gasteiger partial charge is 0.119 e. The molecule has 0 saturated carbocycles. The van der Waals surface area contributed by atoms with E-state index >= 15 is 0 Å². The number of hydrogen-bond acceptors (Lipinski definition) is 3. The SMILES string of the molecule is Cc1cc(Cl)c(NCC(O)COc2ccccc2)cc1Cl. The topological polar surface area (TPSA) is 41.5 Å². The van der Waals surface area contributed by atoms with Crippen molar-refractivity contribution in [1.29, 1.82) is 0 Å². The third-order valence-corrected chi connectivity index (χ3v) is 3.68. The molecule has 0 saturated heterocycles. The first-order chi connectivity index (χ1) is 10.1. The molecule has 0 aliphatic carbocycles. The van der Waals surface area contributed by atoms with E-state index < -0.39 is 6.10 Å². The molecule has 0 spiro atoms. The second-order valence-corrected chi connectivity index (χ2v) is 5.55. The first-order valence-electron chi connectivity index (χ1n) is 6.61. The van der Waals surface area contributed by atoms with Crippen LogP contribution in [0.25, 0.3) is 0 Å². The number of rotatable bonds is 6. The maximum absolute atomic E-state index is 9.92. The van der Waals surface area contributed by atoms with Gasteiger partial charge in [0.1, 0.15) is 18.5 Å².